The number of aryl methyl sites for hydroxylation is 2. The van der Waals surface area contributed by atoms with Gasteiger partial charge in [-0.15, -0.1) is 0 Å². The lowest BCUT2D eigenvalue weighted by Crippen LogP contribution is -2.24. The Morgan fingerprint density at radius 3 is 2.48 bits per heavy atom. The zero-order chi connectivity index (χ0) is 15.6. The van der Waals surface area contributed by atoms with E-state index < -0.39 is 6.10 Å². The molecular weight excluding hydrogens is 307 g/mol. The average Bonchev–Trinajstić information content (AvgIpc) is 2.46. The summed E-state index contributed by atoms with van der Waals surface area (Å²) >= 11 is 12.0. The van der Waals surface area contributed by atoms with Crippen LogP contribution in [-0.4, -0.2) is 11.9 Å². The van der Waals surface area contributed by atoms with Crippen LogP contribution < -0.4 is 4.74 Å². The van der Waals surface area contributed by atoms with Crippen LogP contribution >= 0.6 is 23.2 Å². The van der Waals surface area contributed by atoms with Gasteiger partial charge in [-0.3, -0.25) is 4.79 Å². The normalized spacial score (nSPS) is 12.0. The molecule has 1 atom stereocenters. The number of carbonyl (C=O) groups excluding carboxylic acids is 1. The van der Waals surface area contributed by atoms with Crippen LogP contribution in [0.15, 0.2) is 36.4 Å². The molecule has 2 nitrogen and oxygen atoms in total. The summed E-state index contributed by atoms with van der Waals surface area (Å²) in [5.41, 5.74) is 2.86. The molecule has 0 saturated heterocycles. The van der Waals surface area contributed by atoms with Crippen molar-refractivity contribution >= 4 is 29.0 Å². The summed E-state index contributed by atoms with van der Waals surface area (Å²) in [4.78, 5) is 12.4. The smallest absolute Gasteiger partial charge is 0.203 e. The minimum Gasteiger partial charge on any atom is -0.481 e. The zero-order valence-corrected chi connectivity index (χ0v) is 13.6. The topological polar surface area (TPSA) is 26.3 Å². The molecule has 0 saturated carbocycles. The van der Waals surface area contributed by atoms with E-state index in [1.54, 1.807) is 25.1 Å². The Morgan fingerprint density at radius 2 is 1.81 bits per heavy atom. The van der Waals surface area contributed by atoms with E-state index in [2.05, 4.69) is 0 Å². The molecule has 4 heteroatoms. The maximum absolute atomic E-state index is 12.4. The van der Waals surface area contributed by atoms with E-state index in [4.69, 9.17) is 27.9 Å². The van der Waals surface area contributed by atoms with Crippen molar-refractivity contribution in [1.29, 1.82) is 0 Å². The van der Waals surface area contributed by atoms with Gasteiger partial charge < -0.3 is 4.74 Å². The minimum absolute atomic E-state index is 0.0888. The number of hydrogen-bond acceptors (Lipinski definition) is 2. The van der Waals surface area contributed by atoms with E-state index >= 15 is 0 Å². The third-order valence-corrected chi connectivity index (χ3v) is 4.18. The van der Waals surface area contributed by atoms with Gasteiger partial charge in [-0.1, -0.05) is 41.4 Å². The number of Topliss-reactive ketones (excluding diaryl/α,β-unsaturated/α-hetero) is 1. The van der Waals surface area contributed by atoms with Crippen LogP contribution in [0.3, 0.4) is 0 Å². The van der Waals surface area contributed by atoms with Crippen LogP contribution in [0.1, 0.15) is 28.4 Å². The number of carbonyl (C=O) groups is 1. The Bertz CT molecular complexity index is 680. The second-order valence-electron chi connectivity index (χ2n) is 4.98. The molecule has 2 aromatic rings. The van der Waals surface area contributed by atoms with Gasteiger partial charge in [-0.25, -0.2) is 0 Å². The lowest BCUT2D eigenvalue weighted by Gasteiger charge is -2.15. The summed E-state index contributed by atoms with van der Waals surface area (Å²) in [6.45, 7) is 5.69. The third-order valence-electron chi connectivity index (χ3n) is 3.38. The van der Waals surface area contributed by atoms with E-state index in [0.29, 0.717) is 21.4 Å². The first-order valence-corrected chi connectivity index (χ1v) is 7.38. The summed E-state index contributed by atoms with van der Waals surface area (Å²) in [5.74, 6) is 0.322. The molecule has 0 bridgehead atoms. The van der Waals surface area contributed by atoms with E-state index in [-0.39, 0.29) is 5.78 Å². The molecule has 2 rings (SSSR count). The van der Waals surface area contributed by atoms with Gasteiger partial charge in [0.2, 0.25) is 5.78 Å². The molecular formula is C17H16Cl2O2. The number of ether oxygens (including phenoxy) is 1. The standard InChI is InChI=1S/C17H16Cl2O2/c1-10-7-8-13(9-11(10)2)17(20)12(3)21-15-6-4-5-14(18)16(15)19/h4-9,12H,1-3H3. The molecule has 0 fully saturated rings. The SMILES string of the molecule is Cc1ccc(C(=O)C(C)Oc2cccc(Cl)c2Cl)cc1C. The molecule has 0 aliphatic heterocycles. The van der Waals surface area contributed by atoms with Crippen LogP contribution in [0, 0.1) is 13.8 Å². The molecule has 0 radical (unpaired) electrons. The third kappa shape index (κ3) is 3.58. The maximum Gasteiger partial charge on any atom is 0.203 e. The molecule has 0 N–H and O–H groups in total. The van der Waals surface area contributed by atoms with Gasteiger partial charge in [0.15, 0.2) is 6.10 Å². The molecule has 0 aliphatic carbocycles. The minimum atomic E-state index is -0.636. The van der Waals surface area contributed by atoms with Gasteiger partial charge in [-0.05, 0) is 50.1 Å². The van der Waals surface area contributed by atoms with E-state index in [0.717, 1.165) is 11.1 Å². The number of benzene rings is 2. The summed E-state index contributed by atoms with van der Waals surface area (Å²) in [5, 5.41) is 0.721. The maximum atomic E-state index is 12.4. The van der Waals surface area contributed by atoms with Crippen molar-refractivity contribution in [3.8, 4) is 5.75 Å². The Hall–Kier alpha value is -1.51. The van der Waals surface area contributed by atoms with Crippen molar-refractivity contribution in [2.24, 2.45) is 0 Å². The molecule has 0 aromatic heterocycles. The first-order valence-electron chi connectivity index (χ1n) is 6.62. The zero-order valence-electron chi connectivity index (χ0n) is 12.1. The second-order valence-corrected chi connectivity index (χ2v) is 5.76. The quantitative estimate of drug-likeness (QED) is 0.717. The van der Waals surface area contributed by atoms with Crippen LogP contribution in [0.4, 0.5) is 0 Å². The Balaban J connectivity index is 2.19. The molecule has 0 amide bonds. The fraction of sp³-hybridized carbons (Fsp3) is 0.235. The highest BCUT2D eigenvalue weighted by molar-refractivity contribution is 6.42. The Kier molecular flexibility index (Phi) is 4.92. The van der Waals surface area contributed by atoms with Gasteiger partial charge in [0.25, 0.3) is 0 Å². The number of rotatable bonds is 4. The molecule has 0 spiro atoms. The predicted molar refractivity (Wildman–Crippen MR) is 86.8 cm³/mol. The first kappa shape index (κ1) is 15.9. The molecule has 110 valence electrons. The summed E-state index contributed by atoms with van der Waals surface area (Å²) in [7, 11) is 0. The fourth-order valence-corrected chi connectivity index (χ4v) is 2.28. The van der Waals surface area contributed by atoms with Gasteiger partial charge >= 0.3 is 0 Å². The fourth-order valence-electron chi connectivity index (χ4n) is 1.95. The van der Waals surface area contributed by atoms with Gasteiger partial charge in [0.1, 0.15) is 10.8 Å². The summed E-state index contributed by atoms with van der Waals surface area (Å²) in [6.07, 6.45) is -0.636. The van der Waals surface area contributed by atoms with Crippen LogP contribution in [0.25, 0.3) is 0 Å². The number of ketones is 1. The van der Waals surface area contributed by atoms with Crippen LogP contribution in [0.2, 0.25) is 10.0 Å². The number of halogens is 2. The van der Waals surface area contributed by atoms with Crippen molar-refractivity contribution in [1.82, 2.24) is 0 Å². The van der Waals surface area contributed by atoms with Gasteiger partial charge in [-0.2, -0.15) is 0 Å². The van der Waals surface area contributed by atoms with Crippen molar-refractivity contribution in [2.45, 2.75) is 26.9 Å². The van der Waals surface area contributed by atoms with Crippen molar-refractivity contribution in [3.63, 3.8) is 0 Å². The number of hydrogen-bond donors (Lipinski definition) is 0. The van der Waals surface area contributed by atoms with E-state index in [9.17, 15) is 4.79 Å². The van der Waals surface area contributed by atoms with E-state index in [1.807, 2.05) is 32.0 Å². The van der Waals surface area contributed by atoms with Crippen molar-refractivity contribution < 1.29 is 9.53 Å². The predicted octanol–water partition coefficient (Wildman–Crippen LogP) is 5.26. The van der Waals surface area contributed by atoms with Crippen molar-refractivity contribution in [2.75, 3.05) is 0 Å². The van der Waals surface area contributed by atoms with Gasteiger partial charge in [0.05, 0.1) is 5.02 Å². The summed E-state index contributed by atoms with van der Waals surface area (Å²) in [6, 6.07) is 10.7. The highest BCUT2D eigenvalue weighted by atomic mass is 35.5. The lowest BCUT2D eigenvalue weighted by molar-refractivity contribution is 0.0818. The second kappa shape index (κ2) is 6.50. The Labute approximate surface area is 134 Å². The molecule has 21 heavy (non-hydrogen) atoms. The van der Waals surface area contributed by atoms with Crippen LogP contribution in [0.5, 0.6) is 5.75 Å². The lowest BCUT2D eigenvalue weighted by atomic mass is 10.0. The first-order chi connectivity index (χ1) is 9.90. The molecule has 2 aromatic carbocycles. The largest absolute Gasteiger partial charge is 0.481 e. The van der Waals surface area contributed by atoms with Gasteiger partial charge in [0, 0.05) is 5.56 Å². The summed E-state index contributed by atoms with van der Waals surface area (Å²) < 4.78 is 5.65. The van der Waals surface area contributed by atoms with Crippen molar-refractivity contribution in [3.05, 3.63) is 63.1 Å². The Morgan fingerprint density at radius 1 is 1.10 bits per heavy atom. The highest BCUT2D eigenvalue weighted by Gasteiger charge is 2.19. The average molecular weight is 323 g/mol. The monoisotopic (exact) mass is 322 g/mol. The highest BCUT2D eigenvalue weighted by Crippen LogP contribution is 2.32. The molecule has 1 unspecified atom stereocenters. The van der Waals surface area contributed by atoms with Crippen LogP contribution in [-0.2, 0) is 0 Å². The van der Waals surface area contributed by atoms with E-state index in [1.165, 1.54) is 0 Å². The molecule has 0 aliphatic rings. The molecule has 0 heterocycles.